The maximum Gasteiger partial charge on any atom is 0.292 e. The van der Waals surface area contributed by atoms with E-state index in [1.54, 1.807) is 17.9 Å². The molecule has 1 atom stereocenters. The van der Waals surface area contributed by atoms with Crippen LogP contribution in [-0.4, -0.2) is 19.7 Å². The van der Waals surface area contributed by atoms with Crippen LogP contribution in [0.2, 0.25) is 5.02 Å². The largest absolute Gasteiger partial charge is 0.370 e. The third-order valence-corrected chi connectivity index (χ3v) is 2.90. The minimum atomic E-state index is -0.456. The zero-order valence-corrected chi connectivity index (χ0v) is 11.1. The first-order valence-electron chi connectivity index (χ1n) is 5.53. The van der Waals surface area contributed by atoms with Crippen LogP contribution >= 0.6 is 11.6 Å². The molecule has 8 heteroatoms. The number of hydrogen-bond donors (Lipinski definition) is 1. The smallest absolute Gasteiger partial charge is 0.292 e. The van der Waals surface area contributed by atoms with Crippen molar-refractivity contribution in [1.29, 1.82) is 0 Å². The van der Waals surface area contributed by atoms with Gasteiger partial charge in [-0.2, -0.15) is 0 Å². The summed E-state index contributed by atoms with van der Waals surface area (Å²) >= 11 is 5.87. The van der Waals surface area contributed by atoms with Crippen molar-refractivity contribution in [1.82, 2.24) is 14.8 Å². The average Bonchev–Trinajstić information content (AvgIpc) is 2.75. The van der Waals surface area contributed by atoms with Crippen molar-refractivity contribution in [2.75, 3.05) is 5.32 Å². The Kier molecular flexibility index (Phi) is 3.66. The third kappa shape index (κ3) is 2.82. The number of hydrogen-bond acceptors (Lipinski definition) is 5. The van der Waals surface area contributed by atoms with Gasteiger partial charge in [-0.1, -0.05) is 11.6 Å². The molecule has 1 N–H and O–H groups in total. The molecule has 19 heavy (non-hydrogen) atoms. The summed E-state index contributed by atoms with van der Waals surface area (Å²) in [6.07, 6.45) is 1.57. The molecule has 7 nitrogen and oxygen atoms in total. The van der Waals surface area contributed by atoms with E-state index in [2.05, 4.69) is 15.5 Å². The predicted octanol–water partition coefficient (Wildman–Crippen LogP) is 2.55. The van der Waals surface area contributed by atoms with E-state index in [0.717, 1.165) is 0 Å². The molecule has 0 saturated carbocycles. The fourth-order valence-corrected chi connectivity index (χ4v) is 1.94. The van der Waals surface area contributed by atoms with E-state index in [-0.39, 0.29) is 11.7 Å². The monoisotopic (exact) mass is 281 g/mol. The lowest BCUT2D eigenvalue weighted by Crippen LogP contribution is -2.12. The Balaban J connectivity index is 2.30. The molecule has 1 unspecified atom stereocenters. The number of nitrogens with one attached hydrogen (secondary N) is 1. The van der Waals surface area contributed by atoms with Gasteiger partial charge in [0.15, 0.2) is 5.82 Å². The highest BCUT2D eigenvalue weighted by atomic mass is 35.5. The second kappa shape index (κ2) is 5.23. The summed E-state index contributed by atoms with van der Waals surface area (Å²) in [5.41, 5.74) is 0.325. The summed E-state index contributed by atoms with van der Waals surface area (Å²) in [4.78, 5) is 10.5. The Hall–Kier alpha value is -2.15. The molecule has 100 valence electrons. The van der Waals surface area contributed by atoms with Crippen LogP contribution in [-0.2, 0) is 7.05 Å². The summed E-state index contributed by atoms with van der Waals surface area (Å²) in [6.45, 7) is 1.84. The summed E-state index contributed by atoms with van der Waals surface area (Å²) in [5, 5.41) is 22.1. The van der Waals surface area contributed by atoms with Crippen LogP contribution in [0.5, 0.6) is 0 Å². The number of nitrogens with zero attached hydrogens (tertiary/aromatic N) is 4. The molecule has 0 radical (unpaired) electrons. The molecule has 0 spiro atoms. The molecule has 0 amide bonds. The van der Waals surface area contributed by atoms with Gasteiger partial charge in [0.25, 0.3) is 5.69 Å². The number of rotatable bonds is 4. The number of benzene rings is 1. The standard InChI is InChI=1S/C11H12ClN5O2/c1-7(11-15-13-6-16(11)2)14-9-5-8(12)3-4-10(9)17(18)19/h3-7,14H,1-2H3. The van der Waals surface area contributed by atoms with Gasteiger partial charge in [-0.15, -0.1) is 10.2 Å². The lowest BCUT2D eigenvalue weighted by Gasteiger charge is -2.14. The van der Waals surface area contributed by atoms with Crippen molar-refractivity contribution in [3.63, 3.8) is 0 Å². The van der Waals surface area contributed by atoms with E-state index in [9.17, 15) is 10.1 Å². The van der Waals surface area contributed by atoms with Crippen LogP contribution in [0.3, 0.4) is 0 Å². The molecule has 1 heterocycles. The minimum absolute atomic E-state index is 0.0292. The second-order valence-electron chi connectivity index (χ2n) is 4.08. The zero-order valence-electron chi connectivity index (χ0n) is 10.4. The Bertz CT molecular complexity index is 613. The second-order valence-corrected chi connectivity index (χ2v) is 4.52. The van der Waals surface area contributed by atoms with E-state index >= 15 is 0 Å². The van der Waals surface area contributed by atoms with E-state index < -0.39 is 4.92 Å². The Morgan fingerprint density at radius 2 is 2.26 bits per heavy atom. The van der Waals surface area contributed by atoms with Crippen molar-refractivity contribution in [2.24, 2.45) is 7.05 Å². The first-order valence-corrected chi connectivity index (χ1v) is 5.91. The van der Waals surface area contributed by atoms with Crippen LogP contribution in [0.1, 0.15) is 18.8 Å². The number of aromatic nitrogens is 3. The molecular formula is C11H12ClN5O2. The minimum Gasteiger partial charge on any atom is -0.370 e. The maximum atomic E-state index is 11.0. The van der Waals surface area contributed by atoms with E-state index in [4.69, 9.17) is 11.6 Å². The summed E-state index contributed by atoms with van der Waals surface area (Å²) in [6, 6.07) is 4.14. The van der Waals surface area contributed by atoms with Gasteiger partial charge >= 0.3 is 0 Å². The first-order chi connectivity index (χ1) is 8.99. The van der Waals surface area contributed by atoms with Crippen LogP contribution in [0.4, 0.5) is 11.4 Å². The zero-order chi connectivity index (χ0) is 14.0. The van der Waals surface area contributed by atoms with Crippen molar-refractivity contribution in [3.05, 3.63) is 45.5 Å². The number of aryl methyl sites for hydroxylation is 1. The van der Waals surface area contributed by atoms with Crippen LogP contribution in [0, 0.1) is 10.1 Å². The highest BCUT2D eigenvalue weighted by molar-refractivity contribution is 6.31. The molecule has 0 aliphatic rings. The van der Waals surface area contributed by atoms with E-state index in [0.29, 0.717) is 16.5 Å². The van der Waals surface area contributed by atoms with Crippen LogP contribution in [0.15, 0.2) is 24.5 Å². The number of nitro groups is 1. The highest BCUT2D eigenvalue weighted by Crippen LogP contribution is 2.30. The van der Waals surface area contributed by atoms with Gasteiger partial charge in [0.2, 0.25) is 0 Å². The lowest BCUT2D eigenvalue weighted by molar-refractivity contribution is -0.384. The molecule has 1 aromatic heterocycles. The number of nitro benzene ring substituents is 1. The molecule has 2 rings (SSSR count). The molecule has 1 aromatic carbocycles. The van der Waals surface area contributed by atoms with Crippen molar-refractivity contribution < 1.29 is 4.92 Å². The van der Waals surface area contributed by atoms with Crippen molar-refractivity contribution in [2.45, 2.75) is 13.0 Å². The third-order valence-electron chi connectivity index (χ3n) is 2.66. The van der Waals surface area contributed by atoms with Crippen LogP contribution < -0.4 is 5.32 Å². The van der Waals surface area contributed by atoms with Gasteiger partial charge in [0.05, 0.1) is 11.0 Å². The number of anilines is 1. The van der Waals surface area contributed by atoms with Gasteiger partial charge < -0.3 is 9.88 Å². The van der Waals surface area contributed by atoms with Crippen molar-refractivity contribution in [3.8, 4) is 0 Å². The molecule has 0 bridgehead atoms. The van der Waals surface area contributed by atoms with E-state index in [1.807, 2.05) is 6.92 Å². The Morgan fingerprint density at radius 3 is 2.84 bits per heavy atom. The number of halogens is 1. The predicted molar refractivity (Wildman–Crippen MR) is 71.1 cm³/mol. The molecule has 0 fully saturated rings. The van der Waals surface area contributed by atoms with Gasteiger partial charge in [-0.25, -0.2) is 0 Å². The fourth-order valence-electron chi connectivity index (χ4n) is 1.77. The first kappa shape index (κ1) is 13.3. The SMILES string of the molecule is CC(Nc1cc(Cl)ccc1[N+](=O)[O-])c1nncn1C. The molecule has 2 aromatic rings. The van der Waals surface area contributed by atoms with E-state index in [1.165, 1.54) is 18.2 Å². The highest BCUT2D eigenvalue weighted by Gasteiger charge is 2.18. The normalized spacial score (nSPS) is 12.2. The molecule has 0 saturated heterocycles. The van der Waals surface area contributed by atoms with Crippen LogP contribution in [0.25, 0.3) is 0 Å². The van der Waals surface area contributed by atoms with Gasteiger partial charge in [-0.3, -0.25) is 10.1 Å². The topological polar surface area (TPSA) is 85.9 Å². The summed E-state index contributed by atoms with van der Waals surface area (Å²) in [5.74, 6) is 0.675. The van der Waals surface area contributed by atoms with Gasteiger partial charge in [0, 0.05) is 18.1 Å². The summed E-state index contributed by atoms with van der Waals surface area (Å²) in [7, 11) is 1.81. The Morgan fingerprint density at radius 1 is 1.53 bits per heavy atom. The maximum absolute atomic E-state index is 11.0. The van der Waals surface area contributed by atoms with Gasteiger partial charge in [0.1, 0.15) is 12.0 Å². The fraction of sp³-hybridized carbons (Fsp3) is 0.273. The van der Waals surface area contributed by atoms with Crippen molar-refractivity contribution >= 4 is 23.0 Å². The Labute approximate surface area is 114 Å². The molecular weight excluding hydrogens is 270 g/mol. The average molecular weight is 282 g/mol. The van der Waals surface area contributed by atoms with Gasteiger partial charge in [-0.05, 0) is 19.1 Å². The molecule has 0 aliphatic heterocycles. The summed E-state index contributed by atoms with van der Waals surface area (Å²) < 4.78 is 1.74. The quantitative estimate of drug-likeness (QED) is 0.687. The molecule has 0 aliphatic carbocycles. The lowest BCUT2D eigenvalue weighted by atomic mass is 10.2.